The molecule has 3 aromatic carbocycles. The molecule has 0 aliphatic carbocycles. The van der Waals surface area contributed by atoms with E-state index in [2.05, 4.69) is 11.0 Å². The fraction of sp³-hybridized carbons (Fsp3) is 0.357. The number of aryl methyl sites for hydroxylation is 1. The van der Waals surface area contributed by atoms with Crippen LogP contribution in [0.1, 0.15) is 24.0 Å². The van der Waals surface area contributed by atoms with Crippen molar-refractivity contribution in [3.8, 4) is 23.0 Å². The molecule has 37 heavy (non-hydrogen) atoms. The van der Waals surface area contributed by atoms with Crippen molar-refractivity contribution in [3.63, 3.8) is 0 Å². The van der Waals surface area contributed by atoms with Crippen LogP contribution < -0.4 is 23.3 Å². The summed E-state index contributed by atoms with van der Waals surface area (Å²) in [5.74, 6) is 2.77. The van der Waals surface area contributed by atoms with Gasteiger partial charge in [0.25, 0.3) is 10.0 Å². The van der Waals surface area contributed by atoms with Gasteiger partial charge >= 0.3 is 0 Å². The van der Waals surface area contributed by atoms with Crippen LogP contribution in [0.4, 0.5) is 5.69 Å². The molecule has 3 aromatic rings. The van der Waals surface area contributed by atoms with Crippen LogP contribution >= 0.6 is 0 Å². The highest BCUT2D eigenvalue weighted by Gasteiger charge is 2.35. The number of nitrogens with zero attached hydrogens (tertiary/aromatic N) is 2. The van der Waals surface area contributed by atoms with Gasteiger partial charge in [0, 0.05) is 31.7 Å². The summed E-state index contributed by atoms with van der Waals surface area (Å²) in [6, 6.07) is 18.3. The molecule has 0 amide bonds. The minimum atomic E-state index is -3.79. The van der Waals surface area contributed by atoms with E-state index in [0.29, 0.717) is 43.2 Å². The van der Waals surface area contributed by atoms with E-state index in [-0.39, 0.29) is 17.7 Å². The van der Waals surface area contributed by atoms with Crippen molar-refractivity contribution >= 4 is 15.7 Å². The number of hydrogen-bond acceptors (Lipinski definition) is 7. The molecule has 0 saturated carbocycles. The minimum absolute atomic E-state index is 0.141. The average molecular weight is 523 g/mol. The predicted molar refractivity (Wildman–Crippen MR) is 139 cm³/mol. The normalized spacial score (nSPS) is 17.5. The fourth-order valence-electron chi connectivity index (χ4n) is 5.15. The average Bonchev–Trinajstić information content (AvgIpc) is 3.38. The van der Waals surface area contributed by atoms with Crippen LogP contribution in [0.2, 0.25) is 0 Å². The van der Waals surface area contributed by atoms with Crippen molar-refractivity contribution < 1.29 is 27.4 Å². The standard InChI is InChI=1S/C28H30N2O6S/c1-20-2-6-24(7-3-20)37(31,32)30(23-5-9-26-28(17-23)36-19-35-26)22-10-12-29(13-11-22)18-21-4-8-25-27(16-21)34-15-14-33-25/h2-9,16-17,22H,10-15,18-19H2,1H3. The van der Waals surface area contributed by atoms with Gasteiger partial charge in [0.15, 0.2) is 23.0 Å². The molecular formula is C28H30N2O6S. The Bertz CT molecular complexity index is 1380. The molecule has 0 N–H and O–H groups in total. The summed E-state index contributed by atoms with van der Waals surface area (Å²) in [5, 5.41) is 0. The highest BCUT2D eigenvalue weighted by Crippen LogP contribution is 2.39. The number of anilines is 1. The second-order valence-electron chi connectivity index (χ2n) is 9.64. The molecule has 3 aliphatic rings. The fourth-order valence-corrected chi connectivity index (χ4v) is 6.85. The molecule has 3 heterocycles. The Labute approximate surface area is 217 Å². The molecule has 194 valence electrons. The lowest BCUT2D eigenvalue weighted by atomic mass is 10.0. The van der Waals surface area contributed by atoms with E-state index >= 15 is 0 Å². The second-order valence-corrected chi connectivity index (χ2v) is 11.5. The Balaban J connectivity index is 1.23. The molecule has 0 bridgehead atoms. The Morgan fingerprint density at radius 3 is 2.24 bits per heavy atom. The molecule has 6 rings (SSSR count). The van der Waals surface area contributed by atoms with Crippen molar-refractivity contribution in [2.24, 2.45) is 0 Å². The van der Waals surface area contributed by atoms with Gasteiger partial charge in [-0.2, -0.15) is 0 Å². The Hall–Kier alpha value is -3.43. The summed E-state index contributed by atoms with van der Waals surface area (Å²) in [6.45, 7) is 5.56. The third kappa shape index (κ3) is 4.81. The molecule has 0 atom stereocenters. The third-order valence-corrected chi connectivity index (χ3v) is 8.98. The van der Waals surface area contributed by atoms with Crippen LogP contribution in [0.25, 0.3) is 0 Å². The van der Waals surface area contributed by atoms with Crippen molar-refractivity contribution in [2.45, 2.75) is 37.2 Å². The predicted octanol–water partition coefficient (Wildman–Crippen LogP) is 4.35. The summed E-state index contributed by atoms with van der Waals surface area (Å²) in [4.78, 5) is 2.65. The van der Waals surface area contributed by atoms with Crippen LogP contribution in [0.3, 0.4) is 0 Å². The van der Waals surface area contributed by atoms with Gasteiger partial charge in [-0.1, -0.05) is 23.8 Å². The number of benzene rings is 3. The van der Waals surface area contributed by atoms with Crippen molar-refractivity contribution in [1.82, 2.24) is 4.90 Å². The highest BCUT2D eigenvalue weighted by molar-refractivity contribution is 7.92. The Morgan fingerprint density at radius 1 is 0.811 bits per heavy atom. The van der Waals surface area contributed by atoms with E-state index in [1.54, 1.807) is 34.6 Å². The Kier molecular flexibility index (Phi) is 6.34. The molecule has 1 saturated heterocycles. The first-order chi connectivity index (χ1) is 18.0. The number of ether oxygens (including phenoxy) is 4. The van der Waals surface area contributed by atoms with Gasteiger partial charge in [-0.05, 0) is 61.7 Å². The molecule has 0 radical (unpaired) electrons. The zero-order valence-corrected chi connectivity index (χ0v) is 21.6. The molecule has 1 fully saturated rings. The monoisotopic (exact) mass is 522 g/mol. The highest BCUT2D eigenvalue weighted by atomic mass is 32.2. The van der Waals surface area contributed by atoms with E-state index in [1.807, 2.05) is 31.2 Å². The van der Waals surface area contributed by atoms with E-state index in [1.165, 1.54) is 0 Å². The van der Waals surface area contributed by atoms with Crippen molar-refractivity contribution in [3.05, 3.63) is 71.8 Å². The summed E-state index contributed by atoms with van der Waals surface area (Å²) < 4.78 is 51.9. The van der Waals surface area contributed by atoms with E-state index in [9.17, 15) is 8.42 Å². The molecule has 8 nitrogen and oxygen atoms in total. The lowest BCUT2D eigenvalue weighted by Crippen LogP contribution is -2.47. The van der Waals surface area contributed by atoms with Crippen molar-refractivity contribution in [1.29, 1.82) is 0 Å². The van der Waals surface area contributed by atoms with Gasteiger partial charge in [0.05, 0.1) is 10.6 Å². The Morgan fingerprint density at radius 2 is 1.46 bits per heavy atom. The minimum Gasteiger partial charge on any atom is -0.486 e. The molecule has 9 heteroatoms. The van der Waals surface area contributed by atoms with Crippen molar-refractivity contribution in [2.75, 3.05) is 37.4 Å². The smallest absolute Gasteiger partial charge is 0.264 e. The first kappa shape index (κ1) is 23.9. The van der Waals surface area contributed by atoms with E-state index in [0.717, 1.165) is 42.3 Å². The first-order valence-electron chi connectivity index (χ1n) is 12.6. The lowest BCUT2D eigenvalue weighted by Gasteiger charge is -2.39. The van der Waals surface area contributed by atoms with Gasteiger partial charge in [-0.25, -0.2) is 8.42 Å². The largest absolute Gasteiger partial charge is 0.486 e. The maximum absolute atomic E-state index is 14.0. The number of rotatable bonds is 6. The van der Waals surface area contributed by atoms with Gasteiger partial charge < -0.3 is 18.9 Å². The zero-order chi connectivity index (χ0) is 25.4. The second kappa shape index (κ2) is 9.79. The van der Waals surface area contributed by atoms with Gasteiger partial charge in [0.1, 0.15) is 13.2 Å². The molecule has 3 aliphatic heterocycles. The van der Waals surface area contributed by atoms with Gasteiger partial charge in [-0.15, -0.1) is 0 Å². The maximum atomic E-state index is 14.0. The number of piperidine rings is 1. The van der Waals surface area contributed by atoms with Crippen LogP contribution in [-0.2, 0) is 16.6 Å². The molecular weight excluding hydrogens is 492 g/mol. The third-order valence-electron chi connectivity index (χ3n) is 7.09. The molecule has 0 spiro atoms. The SMILES string of the molecule is Cc1ccc(S(=O)(=O)N(c2ccc3c(c2)OCO3)C2CCN(Cc3ccc4c(c3)OCCO4)CC2)cc1. The van der Waals surface area contributed by atoms with Crippen LogP contribution in [0.15, 0.2) is 65.6 Å². The number of hydrogen-bond donors (Lipinski definition) is 0. The lowest BCUT2D eigenvalue weighted by molar-refractivity contribution is 0.170. The summed E-state index contributed by atoms with van der Waals surface area (Å²) >= 11 is 0. The topological polar surface area (TPSA) is 77.5 Å². The summed E-state index contributed by atoms with van der Waals surface area (Å²) in [7, 11) is -3.79. The van der Waals surface area contributed by atoms with Crippen LogP contribution in [0.5, 0.6) is 23.0 Å². The number of fused-ring (bicyclic) bond motifs is 2. The zero-order valence-electron chi connectivity index (χ0n) is 20.8. The maximum Gasteiger partial charge on any atom is 0.264 e. The summed E-state index contributed by atoms with van der Waals surface area (Å²) in [6.07, 6.45) is 1.42. The quantitative estimate of drug-likeness (QED) is 0.476. The van der Waals surface area contributed by atoms with Crippen LogP contribution in [-0.4, -0.2) is 52.5 Å². The summed E-state index contributed by atoms with van der Waals surface area (Å²) in [5.41, 5.74) is 2.76. The number of sulfonamides is 1. The van der Waals surface area contributed by atoms with E-state index in [4.69, 9.17) is 18.9 Å². The number of likely N-dealkylation sites (tertiary alicyclic amines) is 1. The molecule has 0 unspecified atom stereocenters. The van der Waals surface area contributed by atoms with E-state index < -0.39 is 10.0 Å². The first-order valence-corrected chi connectivity index (χ1v) is 14.0. The van der Waals surface area contributed by atoms with Gasteiger partial charge in [0.2, 0.25) is 6.79 Å². The van der Waals surface area contributed by atoms with Crippen LogP contribution in [0, 0.1) is 6.92 Å². The van der Waals surface area contributed by atoms with Gasteiger partial charge in [-0.3, -0.25) is 9.21 Å². The molecule has 0 aromatic heterocycles.